The van der Waals surface area contributed by atoms with Crippen molar-refractivity contribution in [2.75, 3.05) is 19.6 Å². The number of nitrogens with one attached hydrogen (secondary N) is 3. The lowest BCUT2D eigenvalue weighted by Crippen LogP contribution is -2.59. The van der Waals surface area contributed by atoms with E-state index in [-0.39, 0.29) is 42.8 Å². The number of pyridine rings is 1. The summed E-state index contributed by atoms with van der Waals surface area (Å²) in [5.41, 5.74) is 1.37. The van der Waals surface area contributed by atoms with Gasteiger partial charge in [-0.3, -0.25) is 19.9 Å². The molecule has 0 aliphatic heterocycles. The monoisotopic (exact) mass is 715 g/mol. The zero-order chi connectivity index (χ0) is 37.4. The summed E-state index contributed by atoms with van der Waals surface area (Å²) in [5.74, 6) is -0.871. The van der Waals surface area contributed by atoms with Gasteiger partial charge in [-0.15, -0.1) is 0 Å². The standard InChI is InChI=1S/C40H53N5O5S/c1-28(2)26-45(51(49,50)32-20-21-33-30(24-32)17-14-22-41-33)27-35(46)34(23-29-15-10-8-11-16-29)43-38(48)37(39(3,4)5)44-36(47)25-42-40(6,7)31-18-12-9-13-19-31/h8-22,24,28,34-35,37,42,46H,23,25-27H2,1-7H3,(H,43,48)(H,44,47)/t34-,35+,37+/m0/s1. The van der Waals surface area contributed by atoms with E-state index in [4.69, 9.17) is 0 Å². The van der Waals surface area contributed by atoms with Crippen molar-refractivity contribution in [3.63, 3.8) is 0 Å². The van der Waals surface area contributed by atoms with E-state index in [1.807, 2.05) is 109 Å². The summed E-state index contributed by atoms with van der Waals surface area (Å²) < 4.78 is 29.5. The Kier molecular flexibility index (Phi) is 13.1. The Morgan fingerprint density at radius 2 is 1.49 bits per heavy atom. The van der Waals surface area contributed by atoms with Crippen molar-refractivity contribution in [1.29, 1.82) is 0 Å². The molecule has 1 aromatic heterocycles. The van der Waals surface area contributed by atoms with Crippen LogP contribution < -0.4 is 16.0 Å². The van der Waals surface area contributed by atoms with Crippen LogP contribution in [0.25, 0.3) is 10.9 Å². The number of fused-ring (bicyclic) bond motifs is 1. The number of carbonyl (C=O) groups is 2. The van der Waals surface area contributed by atoms with Crippen LogP contribution in [0.15, 0.2) is 102 Å². The fourth-order valence-electron chi connectivity index (χ4n) is 5.94. The zero-order valence-electron chi connectivity index (χ0n) is 30.8. The maximum atomic E-state index is 14.1. The maximum Gasteiger partial charge on any atom is 0.243 e. The minimum absolute atomic E-state index is 0.0231. The molecule has 0 spiro atoms. The van der Waals surface area contributed by atoms with Gasteiger partial charge in [-0.1, -0.05) is 101 Å². The van der Waals surface area contributed by atoms with Crippen molar-refractivity contribution < 1.29 is 23.1 Å². The molecule has 274 valence electrons. The molecule has 3 atom stereocenters. The molecular formula is C40H53N5O5S. The van der Waals surface area contributed by atoms with Gasteiger partial charge in [-0.2, -0.15) is 4.31 Å². The van der Waals surface area contributed by atoms with Crippen molar-refractivity contribution in [2.24, 2.45) is 11.3 Å². The third-order valence-corrected chi connectivity index (χ3v) is 10.7. The van der Waals surface area contributed by atoms with Crippen LogP contribution in [0.4, 0.5) is 0 Å². The van der Waals surface area contributed by atoms with Gasteiger partial charge in [-0.25, -0.2) is 8.42 Å². The molecule has 1 heterocycles. The van der Waals surface area contributed by atoms with Gasteiger partial charge in [0.05, 0.1) is 29.1 Å². The Hall–Kier alpha value is -4.16. The summed E-state index contributed by atoms with van der Waals surface area (Å²) in [5, 5.41) is 21.7. The molecule has 0 radical (unpaired) electrons. The van der Waals surface area contributed by atoms with E-state index in [0.717, 1.165) is 11.1 Å². The summed E-state index contributed by atoms with van der Waals surface area (Å²) >= 11 is 0. The lowest BCUT2D eigenvalue weighted by atomic mass is 9.85. The lowest BCUT2D eigenvalue weighted by molar-refractivity contribution is -0.132. The van der Waals surface area contributed by atoms with Crippen LogP contribution in [0.3, 0.4) is 0 Å². The second-order valence-electron chi connectivity index (χ2n) is 15.2. The highest BCUT2D eigenvalue weighted by atomic mass is 32.2. The third kappa shape index (κ3) is 10.9. The van der Waals surface area contributed by atoms with E-state index >= 15 is 0 Å². The molecule has 3 aromatic carbocycles. The molecule has 0 aliphatic carbocycles. The predicted molar refractivity (Wildman–Crippen MR) is 202 cm³/mol. The SMILES string of the molecule is CC(C)CN(C[C@@H](O)[C@H](Cc1ccccc1)NC(=O)[C@@H](NC(=O)CNC(C)(C)c1ccccc1)C(C)(C)C)S(=O)(=O)c1ccc2ncccc2c1. The van der Waals surface area contributed by atoms with Crippen LogP contribution in [0.2, 0.25) is 0 Å². The highest BCUT2D eigenvalue weighted by Crippen LogP contribution is 2.24. The molecular weight excluding hydrogens is 663 g/mol. The average molecular weight is 716 g/mol. The van der Waals surface area contributed by atoms with Crippen LogP contribution in [-0.4, -0.2) is 72.4 Å². The molecule has 4 N–H and O–H groups in total. The number of hydrogen-bond acceptors (Lipinski definition) is 7. The Morgan fingerprint density at radius 3 is 2.12 bits per heavy atom. The van der Waals surface area contributed by atoms with Gasteiger partial charge < -0.3 is 15.7 Å². The first-order valence-electron chi connectivity index (χ1n) is 17.4. The van der Waals surface area contributed by atoms with Gasteiger partial charge >= 0.3 is 0 Å². The van der Waals surface area contributed by atoms with Gasteiger partial charge in [0.1, 0.15) is 6.04 Å². The molecule has 10 nitrogen and oxygen atoms in total. The molecule has 2 amide bonds. The topological polar surface area (TPSA) is 141 Å². The first-order valence-corrected chi connectivity index (χ1v) is 18.9. The number of sulfonamides is 1. The molecule has 0 saturated carbocycles. The average Bonchev–Trinajstić information content (AvgIpc) is 3.09. The molecule has 0 unspecified atom stereocenters. The van der Waals surface area contributed by atoms with E-state index in [0.29, 0.717) is 10.9 Å². The minimum atomic E-state index is -4.04. The molecule has 0 bridgehead atoms. The normalized spacial score (nSPS) is 14.3. The molecule has 0 fully saturated rings. The largest absolute Gasteiger partial charge is 0.390 e. The highest BCUT2D eigenvalue weighted by molar-refractivity contribution is 7.89. The first-order chi connectivity index (χ1) is 24.0. The molecule has 51 heavy (non-hydrogen) atoms. The molecule has 4 aromatic rings. The van der Waals surface area contributed by atoms with Crippen molar-refractivity contribution in [3.05, 3.63) is 108 Å². The molecule has 11 heteroatoms. The summed E-state index contributed by atoms with van der Waals surface area (Å²) in [6.07, 6.45) is 0.607. The van der Waals surface area contributed by atoms with E-state index in [1.54, 1.807) is 30.5 Å². The van der Waals surface area contributed by atoms with Gasteiger partial charge in [0.2, 0.25) is 21.8 Å². The summed E-state index contributed by atoms with van der Waals surface area (Å²) in [6, 6.07) is 25.7. The van der Waals surface area contributed by atoms with Crippen LogP contribution in [-0.2, 0) is 31.6 Å². The molecule has 4 rings (SSSR count). The van der Waals surface area contributed by atoms with Crippen molar-refractivity contribution in [3.8, 4) is 0 Å². The summed E-state index contributed by atoms with van der Waals surface area (Å²) in [4.78, 5) is 31.7. The predicted octanol–water partition coefficient (Wildman–Crippen LogP) is 5.03. The number of aliphatic hydroxyl groups is 1. The number of aromatic nitrogens is 1. The van der Waals surface area contributed by atoms with E-state index in [9.17, 15) is 23.1 Å². The van der Waals surface area contributed by atoms with Gasteiger partial charge in [0.25, 0.3) is 0 Å². The zero-order valence-corrected chi connectivity index (χ0v) is 31.6. The van der Waals surface area contributed by atoms with Gasteiger partial charge in [-0.05, 0) is 67.0 Å². The van der Waals surface area contributed by atoms with Crippen LogP contribution in [0.1, 0.15) is 59.6 Å². The minimum Gasteiger partial charge on any atom is -0.390 e. The quantitative estimate of drug-likeness (QED) is 0.128. The fraction of sp³-hybridized carbons (Fsp3) is 0.425. The second-order valence-corrected chi connectivity index (χ2v) is 17.1. The second kappa shape index (κ2) is 16.9. The lowest BCUT2D eigenvalue weighted by Gasteiger charge is -2.35. The van der Waals surface area contributed by atoms with E-state index in [2.05, 4.69) is 20.9 Å². The Bertz CT molecular complexity index is 1860. The summed E-state index contributed by atoms with van der Waals surface area (Å²) in [7, 11) is -4.04. The first kappa shape index (κ1) is 39.6. The number of aliphatic hydroxyl groups excluding tert-OH is 1. The number of carbonyl (C=O) groups excluding carboxylic acids is 2. The van der Waals surface area contributed by atoms with Crippen molar-refractivity contribution >= 4 is 32.7 Å². The maximum absolute atomic E-state index is 14.1. The number of hydrogen-bond donors (Lipinski definition) is 4. The van der Waals surface area contributed by atoms with Crippen LogP contribution >= 0.6 is 0 Å². The third-order valence-electron chi connectivity index (χ3n) is 8.88. The smallest absolute Gasteiger partial charge is 0.243 e. The highest BCUT2D eigenvalue weighted by Gasteiger charge is 2.37. The number of nitrogens with zero attached hydrogens (tertiary/aromatic N) is 2. The molecule has 0 saturated heterocycles. The molecule has 0 aliphatic rings. The number of amides is 2. The van der Waals surface area contributed by atoms with Gasteiger partial charge in [0, 0.05) is 30.2 Å². The Labute approximate surface area is 303 Å². The Morgan fingerprint density at radius 1 is 0.843 bits per heavy atom. The summed E-state index contributed by atoms with van der Waals surface area (Å²) in [6.45, 7) is 13.2. The van der Waals surface area contributed by atoms with Crippen molar-refractivity contribution in [2.45, 2.75) is 83.5 Å². The van der Waals surface area contributed by atoms with Gasteiger partial charge in [0.15, 0.2) is 0 Å². The van der Waals surface area contributed by atoms with Crippen LogP contribution in [0, 0.1) is 11.3 Å². The number of benzene rings is 3. The fourth-order valence-corrected chi connectivity index (χ4v) is 7.60. The van der Waals surface area contributed by atoms with E-state index in [1.165, 1.54) is 10.4 Å². The van der Waals surface area contributed by atoms with E-state index < -0.39 is 45.1 Å². The van der Waals surface area contributed by atoms with Crippen molar-refractivity contribution in [1.82, 2.24) is 25.2 Å². The number of rotatable bonds is 16. The van der Waals surface area contributed by atoms with Crippen LogP contribution in [0.5, 0.6) is 0 Å². The Balaban J connectivity index is 1.56.